The third-order valence-corrected chi connectivity index (χ3v) is 3.29. The van der Waals surface area contributed by atoms with Crippen LogP contribution < -0.4 is 0 Å². The Hall–Kier alpha value is -2.52. The van der Waals surface area contributed by atoms with Gasteiger partial charge >= 0.3 is 6.09 Å². The van der Waals surface area contributed by atoms with Crippen molar-refractivity contribution in [3.8, 4) is 0 Å². The summed E-state index contributed by atoms with van der Waals surface area (Å²) in [6.45, 7) is -5.16. The number of ether oxygens (including phenoxy) is 2. The van der Waals surface area contributed by atoms with Crippen LogP contribution in [0.5, 0.6) is 0 Å². The van der Waals surface area contributed by atoms with Gasteiger partial charge in [-0.25, -0.2) is 4.79 Å². The van der Waals surface area contributed by atoms with Crippen LogP contribution in [0, 0.1) is 10.1 Å². The molecule has 0 spiro atoms. The molecule has 0 bridgehead atoms. The first-order valence-corrected chi connectivity index (χ1v) is 7.16. The van der Waals surface area contributed by atoms with Gasteiger partial charge in [0.2, 0.25) is 0 Å². The predicted molar refractivity (Wildman–Crippen MR) is 84.9 cm³/mol. The van der Waals surface area contributed by atoms with Crippen LogP contribution >= 0.6 is 0 Å². The Balaban J connectivity index is 1.93. The van der Waals surface area contributed by atoms with E-state index in [1.54, 1.807) is 0 Å². The third kappa shape index (κ3) is 3.87. The second-order valence-corrected chi connectivity index (χ2v) is 4.89. The second kappa shape index (κ2) is 7.37. The van der Waals surface area contributed by atoms with E-state index in [0.29, 0.717) is 0 Å². The van der Waals surface area contributed by atoms with Crippen LogP contribution in [0.15, 0.2) is 29.4 Å². The topological polar surface area (TPSA) is 97.5 Å². The van der Waals surface area contributed by atoms with E-state index in [1.165, 1.54) is 29.2 Å². The zero-order valence-electron chi connectivity index (χ0n) is 17.5. The van der Waals surface area contributed by atoms with E-state index in [4.69, 9.17) is 16.3 Å². The minimum absolute atomic E-state index is 0.000213. The highest BCUT2D eigenvalue weighted by molar-refractivity contribution is 5.86. The Morgan fingerprint density at radius 3 is 3.00 bits per heavy atom. The number of carbonyl (C=O) groups excluding carboxylic acids is 1. The zero-order chi connectivity index (χ0) is 21.4. The number of benzene rings is 1. The fourth-order valence-electron chi connectivity index (χ4n) is 2.12. The van der Waals surface area contributed by atoms with E-state index in [2.05, 4.69) is 5.10 Å². The van der Waals surface area contributed by atoms with Gasteiger partial charge < -0.3 is 9.47 Å². The monoisotopic (exact) mass is 339 g/mol. The lowest BCUT2D eigenvalue weighted by Crippen LogP contribution is -2.41. The molecule has 1 unspecified atom stereocenters. The number of hydrogen-bond donors (Lipinski definition) is 0. The van der Waals surface area contributed by atoms with Gasteiger partial charge in [-0.3, -0.25) is 15.0 Å². The summed E-state index contributed by atoms with van der Waals surface area (Å²) >= 11 is 0. The minimum Gasteiger partial charge on any atom is -0.441 e. The van der Waals surface area contributed by atoms with Gasteiger partial charge in [0, 0.05) is 28.4 Å². The summed E-state index contributed by atoms with van der Waals surface area (Å²) in [6.07, 6.45) is -3.45. The number of cyclic esters (lactones) is 1. The van der Waals surface area contributed by atoms with Crippen LogP contribution in [0.25, 0.3) is 0 Å². The molecule has 0 aliphatic carbocycles. The van der Waals surface area contributed by atoms with Crippen molar-refractivity contribution in [2.24, 2.45) is 5.10 Å². The first-order valence-electron chi connectivity index (χ1n) is 9.66. The molecule has 24 heavy (non-hydrogen) atoms. The summed E-state index contributed by atoms with van der Waals surface area (Å²) in [4.78, 5) is 23.9. The largest absolute Gasteiger partial charge is 0.441 e. The standard InChI is InChI=1S/C15H18N4O5/c20-15-18(11-13(24-15)10-17-5-7-23-8-6-17)16-9-12-3-1-2-4-14(12)19(21)22/h1-4,9,13H,5-8,10-11H2/b16-9+/i10D2,11D2,13D. The van der Waals surface area contributed by atoms with Crippen molar-refractivity contribution in [1.82, 2.24) is 9.91 Å². The molecule has 1 amide bonds. The van der Waals surface area contributed by atoms with Gasteiger partial charge in [0.05, 0.1) is 40.5 Å². The first kappa shape index (κ1) is 11.1. The highest BCUT2D eigenvalue weighted by atomic mass is 16.6. The molecule has 1 aromatic rings. The molecule has 1 aromatic carbocycles. The molecule has 9 nitrogen and oxygen atoms in total. The normalized spacial score (nSPS) is 30.9. The maximum absolute atomic E-state index is 12.3. The first-order chi connectivity index (χ1) is 13.5. The molecule has 0 N–H and O–H groups in total. The van der Waals surface area contributed by atoms with Crippen LogP contribution in [0.1, 0.15) is 12.4 Å². The summed E-state index contributed by atoms with van der Waals surface area (Å²) in [6, 6.07) is 5.49. The van der Waals surface area contributed by atoms with Crippen molar-refractivity contribution in [3.63, 3.8) is 0 Å². The van der Waals surface area contributed by atoms with Crippen molar-refractivity contribution < 1.29 is 26.0 Å². The molecule has 1 atom stereocenters. The average Bonchev–Trinajstić information content (AvgIpc) is 2.86. The van der Waals surface area contributed by atoms with E-state index in [-0.39, 0.29) is 42.6 Å². The lowest BCUT2D eigenvalue weighted by atomic mass is 10.2. The molecular weight excluding hydrogens is 316 g/mol. The lowest BCUT2D eigenvalue weighted by Gasteiger charge is -2.27. The van der Waals surface area contributed by atoms with Gasteiger partial charge in [0.1, 0.15) is 6.08 Å². The van der Waals surface area contributed by atoms with E-state index in [0.717, 1.165) is 6.21 Å². The smallest absolute Gasteiger partial charge is 0.430 e. The third-order valence-electron chi connectivity index (χ3n) is 3.29. The lowest BCUT2D eigenvalue weighted by molar-refractivity contribution is -0.385. The van der Waals surface area contributed by atoms with Crippen molar-refractivity contribution >= 4 is 18.0 Å². The molecular formula is C15H18N4O5. The number of nitrogens with zero attached hydrogens (tertiary/aromatic N) is 4. The fraction of sp³-hybridized carbons (Fsp3) is 0.467. The van der Waals surface area contributed by atoms with E-state index in [1.807, 2.05) is 0 Å². The second-order valence-electron chi connectivity index (χ2n) is 4.89. The van der Waals surface area contributed by atoms with Crippen LogP contribution in [-0.2, 0) is 9.47 Å². The Labute approximate surface area is 145 Å². The Bertz CT molecular complexity index is 848. The molecule has 9 heteroatoms. The number of morpholine rings is 1. The van der Waals surface area contributed by atoms with E-state index >= 15 is 0 Å². The van der Waals surface area contributed by atoms with Gasteiger partial charge in [-0.05, 0) is 6.07 Å². The minimum atomic E-state index is -3.01. The molecule has 2 aliphatic rings. The molecule has 0 saturated carbocycles. The number of rotatable bonds is 5. The van der Waals surface area contributed by atoms with Gasteiger partial charge in [0.25, 0.3) is 5.69 Å². The van der Waals surface area contributed by atoms with E-state index < -0.39 is 30.1 Å². The number of nitro groups is 1. The molecule has 2 saturated heterocycles. The Morgan fingerprint density at radius 1 is 1.50 bits per heavy atom. The van der Waals surface area contributed by atoms with Crippen molar-refractivity contribution in [1.29, 1.82) is 0 Å². The van der Waals surface area contributed by atoms with E-state index in [9.17, 15) is 14.9 Å². The number of nitro benzene ring substituents is 1. The fourth-order valence-corrected chi connectivity index (χ4v) is 2.12. The molecule has 0 aromatic heterocycles. The molecule has 2 aliphatic heterocycles. The number of hydrogen-bond acceptors (Lipinski definition) is 7. The molecule has 0 radical (unpaired) electrons. The SMILES string of the molecule is [2H]C([2H])(N1CCOCC1)C1([2H])OC(=O)N(/N=C/c2ccccc2[N+](=O)[O-])C1([2H])[2H]. The molecule has 3 rings (SSSR count). The maximum atomic E-state index is 12.3. The van der Waals surface area contributed by atoms with Crippen LogP contribution in [0.2, 0.25) is 0 Å². The van der Waals surface area contributed by atoms with Crippen LogP contribution in [-0.4, -0.2) is 72.5 Å². The zero-order valence-corrected chi connectivity index (χ0v) is 12.5. The van der Waals surface area contributed by atoms with Crippen LogP contribution in [0.3, 0.4) is 0 Å². The summed E-state index contributed by atoms with van der Waals surface area (Å²) in [5.74, 6) is 0. The van der Waals surface area contributed by atoms with Gasteiger partial charge in [-0.1, -0.05) is 12.1 Å². The molecule has 2 heterocycles. The average molecular weight is 339 g/mol. The number of hydrazone groups is 1. The van der Waals surface area contributed by atoms with Gasteiger partial charge in [0.15, 0.2) is 0 Å². The quantitative estimate of drug-likeness (QED) is 0.452. The van der Waals surface area contributed by atoms with Gasteiger partial charge in [-0.15, -0.1) is 0 Å². The summed E-state index contributed by atoms with van der Waals surface area (Å²) < 4.78 is 51.4. The predicted octanol–water partition coefficient (Wildman–Crippen LogP) is 1.08. The summed E-state index contributed by atoms with van der Waals surface area (Å²) in [5, 5.41) is 14.9. The van der Waals surface area contributed by atoms with Crippen molar-refractivity contribution in [2.75, 3.05) is 39.3 Å². The Morgan fingerprint density at radius 2 is 2.25 bits per heavy atom. The maximum Gasteiger partial charge on any atom is 0.430 e. The summed E-state index contributed by atoms with van der Waals surface area (Å²) in [5.41, 5.74) is -0.315. The molecule has 2 fully saturated rings. The van der Waals surface area contributed by atoms with Gasteiger partial charge in [-0.2, -0.15) is 10.1 Å². The highest BCUT2D eigenvalue weighted by Crippen LogP contribution is 2.17. The van der Waals surface area contributed by atoms with Crippen LogP contribution in [0.4, 0.5) is 10.5 Å². The number of para-hydroxylation sites is 1. The van der Waals surface area contributed by atoms with Crippen molar-refractivity contribution in [2.45, 2.75) is 6.08 Å². The Kier molecular flexibility index (Phi) is 3.41. The number of amides is 1. The van der Waals surface area contributed by atoms with Crippen molar-refractivity contribution in [3.05, 3.63) is 39.9 Å². The summed E-state index contributed by atoms with van der Waals surface area (Å²) in [7, 11) is 0. The highest BCUT2D eigenvalue weighted by Gasteiger charge is 2.32. The molecule has 128 valence electrons. The number of carbonyl (C=O) groups is 1.